The molecular weight excluding hydrogens is 186 g/mol. The van der Waals surface area contributed by atoms with Crippen LogP contribution in [-0.4, -0.2) is 10.1 Å². The van der Waals surface area contributed by atoms with Gasteiger partial charge in [0.2, 0.25) is 0 Å². The van der Waals surface area contributed by atoms with Crippen LogP contribution < -0.4 is 0 Å². The predicted octanol–water partition coefficient (Wildman–Crippen LogP) is 2.71. The van der Waals surface area contributed by atoms with Crippen LogP contribution in [0.25, 0.3) is 0 Å². The van der Waals surface area contributed by atoms with E-state index in [0.717, 1.165) is 11.1 Å². The van der Waals surface area contributed by atoms with Crippen LogP contribution in [0.5, 0.6) is 0 Å². The van der Waals surface area contributed by atoms with Crippen LogP contribution in [0, 0.1) is 13.8 Å². The van der Waals surface area contributed by atoms with Crippen LogP contribution in [0.15, 0.2) is 36.7 Å². The molecule has 0 bridgehead atoms. The van der Waals surface area contributed by atoms with Crippen molar-refractivity contribution in [3.8, 4) is 0 Å². The van der Waals surface area contributed by atoms with Crippen molar-refractivity contribution in [1.82, 2.24) is 4.98 Å². The Bertz CT molecular complexity index is 446. The fourth-order valence-corrected chi connectivity index (χ4v) is 1.63. The van der Waals surface area contributed by atoms with Crippen LogP contribution >= 0.6 is 0 Å². The number of aliphatic hydroxyl groups excluding tert-OH is 1. The number of aliphatic hydroxyl groups is 1. The molecular formula is C13H15NO. The summed E-state index contributed by atoms with van der Waals surface area (Å²) in [6.45, 7) is 4.13. The molecule has 0 saturated carbocycles. The van der Waals surface area contributed by atoms with Gasteiger partial charge in [-0.3, -0.25) is 0 Å². The Morgan fingerprint density at radius 3 is 2.47 bits per heavy atom. The average Bonchev–Trinajstić information content (AvgIpc) is 2.74. The van der Waals surface area contributed by atoms with E-state index in [2.05, 4.69) is 18.8 Å². The first-order valence-corrected chi connectivity index (χ1v) is 5.06. The van der Waals surface area contributed by atoms with Gasteiger partial charge in [0, 0.05) is 18.0 Å². The lowest BCUT2D eigenvalue weighted by Gasteiger charge is -2.11. The minimum atomic E-state index is -0.532. The van der Waals surface area contributed by atoms with Gasteiger partial charge in [0.1, 0.15) is 6.10 Å². The number of hydrogen-bond donors (Lipinski definition) is 2. The third kappa shape index (κ3) is 1.95. The monoisotopic (exact) mass is 201 g/mol. The molecule has 0 saturated heterocycles. The average molecular weight is 201 g/mol. The first-order chi connectivity index (χ1) is 7.18. The van der Waals surface area contributed by atoms with E-state index in [1.54, 1.807) is 0 Å². The standard InChI is InChI=1S/C13H15NO/c1-9-3-4-11(7-10(9)2)13(15)12-5-6-14-8-12/h3-8,13-15H,1-2H3. The zero-order valence-corrected chi connectivity index (χ0v) is 8.99. The van der Waals surface area contributed by atoms with Crippen molar-refractivity contribution in [2.45, 2.75) is 20.0 Å². The van der Waals surface area contributed by atoms with Crippen molar-refractivity contribution in [1.29, 1.82) is 0 Å². The second-order valence-electron chi connectivity index (χ2n) is 3.89. The molecule has 0 spiro atoms. The third-order valence-corrected chi connectivity index (χ3v) is 2.78. The van der Waals surface area contributed by atoms with Crippen molar-refractivity contribution in [2.24, 2.45) is 0 Å². The van der Waals surface area contributed by atoms with E-state index in [0.29, 0.717) is 0 Å². The molecule has 0 radical (unpaired) electrons. The van der Waals surface area contributed by atoms with Gasteiger partial charge in [-0.05, 0) is 36.6 Å². The summed E-state index contributed by atoms with van der Waals surface area (Å²) >= 11 is 0. The summed E-state index contributed by atoms with van der Waals surface area (Å²) in [7, 11) is 0. The molecule has 78 valence electrons. The molecule has 2 N–H and O–H groups in total. The number of nitrogens with one attached hydrogen (secondary N) is 1. The fraction of sp³-hybridized carbons (Fsp3) is 0.231. The Kier molecular flexibility index (Phi) is 2.60. The van der Waals surface area contributed by atoms with Crippen molar-refractivity contribution in [2.75, 3.05) is 0 Å². The van der Waals surface area contributed by atoms with Gasteiger partial charge < -0.3 is 10.1 Å². The lowest BCUT2D eigenvalue weighted by atomic mass is 10.00. The first kappa shape index (κ1) is 9.99. The molecule has 0 amide bonds. The van der Waals surface area contributed by atoms with E-state index in [1.807, 2.05) is 36.7 Å². The van der Waals surface area contributed by atoms with Crippen molar-refractivity contribution in [3.63, 3.8) is 0 Å². The molecule has 2 aromatic rings. The highest BCUT2D eigenvalue weighted by molar-refractivity contribution is 5.35. The Morgan fingerprint density at radius 1 is 1.07 bits per heavy atom. The lowest BCUT2D eigenvalue weighted by Crippen LogP contribution is -1.98. The topological polar surface area (TPSA) is 36.0 Å². The number of aromatic amines is 1. The van der Waals surface area contributed by atoms with E-state index in [1.165, 1.54) is 11.1 Å². The fourth-order valence-electron chi connectivity index (χ4n) is 1.63. The van der Waals surface area contributed by atoms with E-state index in [-0.39, 0.29) is 0 Å². The molecule has 0 aliphatic heterocycles. The molecule has 2 nitrogen and oxygen atoms in total. The summed E-state index contributed by atoms with van der Waals surface area (Å²) in [5, 5.41) is 10.1. The smallest absolute Gasteiger partial charge is 0.106 e. The molecule has 1 aromatic carbocycles. The van der Waals surface area contributed by atoms with Gasteiger partial charge in [0.05, 0.1) is 0 Å². The van der Waals surface area contributed by atoms with E-state index < -0.39 is 6.10 Å². The number of rotatable bonds is 2. The van der Waals surface area contributed by atoms with Gasteiger partial charge in [0.15, 0.2) is 0 Å². The Hall–Kier alpha value is -1.54. The summed E-state index contributed by atoms with van der Waals surface area (Å²) in [6.07, 6.45) is 3.11. The molecule has 1 heterocycles. The second kappa shape index (κ2) is 3.91. The molecule has 0 fully saturated rings. The van der Waals surface area contributed by atoms with Gasteiger partial charge in [-0.25, -0.2) is 0 Å². The Balaban J connectivity index is 2.34. The number of aryl methyl sites for hydroxylation is 2. The molecule has 1 aromatic heterocycles. The summed E-state index contributed by atoms with van der Waals surface area (Å²) in [5.41, 5.74) is 4.30. The molecule has 2 rings (SSSR count). The van der Waals surface area contributed by atoms with E-state index >= 15 is 0 Å². The van der Waals surface area contributed by atoms with Gasteiger partial charge >= 0.3 is 0 Å². The van der Waals surface area contributed by atoms with Gasteiger partial charge in [-0.2, -0.15) is 0 Å². The Labute approximate surface area is 89.6 Å². The number of benzene rings is 1. The number of hydrogen-bond acceptors (Lipinski definition) is 1. The maximum atomic E-state index is 10.1. The predicted molar refractivity (Wildman–Crippen MR) is 60.8 cm³/mol. The highest BCUT2D eigenvalue weighted by Gasteiger charge is 2.10. The Morgan fingerprint density at radius 2 is 1.87 bits per heavy atom. The molecule has 15 heavy (non-hydrogen) atoms. The number of H-pyrrole nitrogens is 1. The second-order valence-corrected chi connectivity index (χ2v) is 3.89. The highest BCUT2D eigenvalue weighted by atomic mass is 16.3. The normalized spacial score (nSPS) is 12.7. The highest BCUT2D eigenvalue weighted by Crippen LogP contribution is 2.23. The minimum Gasteiger partial charge on any atom is -0.384 e. The maximum absolute atomic E-state index is 10.1. The molecule has 2 heteroatoms. The van der Waals surface area contributed by atoms with Crippen molar-refractivity contribution in [3.05, 3.63) is 58.9 Å². The summed E-state index contributed by atoms with van der Waals surface area (Å²) in [5.74, 6) is 0. The van der Waals surface area contributed by atoms with Gasteiger partial charge in [0.25, 0.3) is 0 Å². The van der Waals surface area contributed by atoms with E-state index in [4.69, 9.17) is 0 Å². The first-order valence-electron chi connectivity index (χ1n) is 5.06. The van der Waals surface area contributed by atoms with Crippen LogP contribution in [-0.2, 0) is 0 Å². The largest absolute Gasteiger partial charge is 0.384 e. The van der Waals surface area contributed by atoms with Gasteiger partial charge in [-0.1, -0.05) is 18.2 Å². The van der Waals surface area contributed by atoms with E-state index in [9.17, 15) is 5.11 Å². The minimum absolute atomic E-state index is 0.532. The summed E-state index contributed by atoms with van der Waals surface area (Å²) in [6, 6.07) is 7.94. The van der Waals surface area contributed by atoms with Gasteiger partial charge in [-0.15, -0.1) is 0 Å². The van der Waals surface area contributed by atoms with Crippen LogP contribution in [0.3, 0.4) is 0 Å². The zero-order valence-electron chi connectivity index (χ0n) is 8.99. The van der Waals surface area contributed by atoms with Crippen LogP contribution in [0.1, 0.15) is 28.4 Å². The molecule has 0 aliphatic rings. The lowest BCUT2D eigenvalue weighted by molar-refractivity contribution is 0.220. The third-order valence-electron chi connectivity index (χ3n) is 2.78. The molecule has 1 atom stereocenters. The number of aromatic nitrogens is 1. The van der Waals surface area contributed by atoms with Crippen molar-refractivity contribution < 1.29 is 5.11 Å². The summed E-state index contributed by atoms with van der Waals surface area (Å²) < 4.78 is 0. The van der Waals surface area contributed by atoms with Crippen LogP contribution in [0.2, 0.25) is 0 Å². The maximum Gasteiger partial charge on any atom is 0.106 e. The van der Waals surface area contributed by atoms with Crippen LogP contribution in [0.4, 0.5) is 0 Å². The molecule has 0 aliphatic carbocycles. The quantitative estimate of drug-likeness (QED) is 0.770. The summed E-state index contributed by atoms with van der Waals surface area (Å²) in [4.78, 5) is 2.95. The SMILES string of the molecule is Cc1ccc(C(O)c2cc[nH]c2)cc1C. The van der Waals surface area contributed by atoms with Crippen molar-refractivity contribution >= 4 is 0 Å². The molecule has 1 unspecified atom stereocenters. The zero-order chi connectivity index (χ0) is 10.8.